The number of esters is 1. The highest BCUT2D eigenvalue weighted by Crippen LogP contribution is 2.30. The minimum atomic E-state index is -0.423. The first-order valence-electron chi connectivity index (χ1n) is 7.44. The molecule has 3 N–H and O–H groups in total. The highest BCUT2D eigenvalue weighted by Gasteiger charge is 2.23. The predicted molar refractivity (Wildman–Crippen MR) is 83.6 cm³/mol. The SMILES string of the molecule is COC(=O)c1cc(N2CCCCCC2CO)cc(C)c1N. The largest absolute Gasteiger partial charge is 0.465 e. The molecular weight excluding hydrogens is 268 g/mol. The Bertz CT molecular complexity index is 516. The molecule has 0 saturated carbocycles. The lowest BCUT2D eigenvalue weighted by atomic mass is 10.0. The molecule has 5 heteroatoms. The van der Waals surface area contributed by atoms with Crippen molar-refractivity contribution >= 4 is 17.3 Å². The number of rotatable bonds is 3. The Kier molecular flexibility index (Phi) is 5.07. The molecular formula is C16H24N2O3. The van der Waals surface area contributed by atoms with E-state index in [9.17, 15) is 9.90 Å². The predicted octanol–water partition coefficient (Wildman–Crippen LogP) is 2.11. The van der Waals surface area contributed by atoms with E-state index >= 15 is 0 Å². The summed E-state index contributed by atoms with van der Waals surface area (Å²) < 4.78 is 4.81. The summed E-state index contributed by atoms with van der Waals surface area (Å²) in [7, 11) is 1.35. The molecule has 21 heavy (non-hydrogen) atoms. The molecule has 0 radical (unpaired) electrons. The van der Waals surface area contributed by atoms with Crippen molar-refractivity contribution < 1.29 is 14.6 Å². The van der Waals surface area contributed by atoms with E-state index in [2.05, 4.69) is 4.90 Å². The van der Waals surface area contributed by atoms with Gasteiger partial charge in [-0.05, 0) is 37.5 Å². The van der Waals surface area contributed by atoms with Crippen LogP contribution in [-0.2, 0) is 4.74 Å². The molecule has 1 aromatic carbocycles. The van der Waals surface area contributed by atoms with Gasteiger partial charge in [-0.1, -0.05) is 12.8 Å². The van der Waals surface area contributed by atoms with E-state index in [0.29, 0.717) is 11.3 Å². The van der Waals surface area contributed by atoms with Crippen LogP contribution < -0.4 is 10.6 Å². The number of aliphatic hydroxyl groups is 1. The summed E-state index contributed by atoms with van der Waals surface area (Å²) in [4.78, 5) is 14.1. The molecule has 2 rings (SSSR count). The fourth-order valence-corrected chi connectivity index (χ4v) is 2.93. The van der Waals surface area contributed by atoms with Crippen molar-refractivity contribution in [3.05, 3.63) is 23.3 Å². The van der Waals surface area contributed by atoms with E-state index in [4.69, 9.17) is 10.5 Å². The van der Waals surface area contributed by atoms with Crippen LogP contribution in [0.2, 0.25) is 0 Å². The number of nitrogens with two attached hydrogens (primary N) is 1. The minimum Gasteiger partial charge on any atom is -0.465 e. The first-order valence-corrected chi connectivity index (χ1v) is 7.44. The van der Waals surface area contributed by atoms with Crippen molar-refractivity contribution in [2.45, 2.75) is 38.6 Å². The molecule has 0 bridgehead atoms. The second-order valence-electron chi connectivity index (χ2n) is 5.59. The summed E-state index contributed by atoms with van der Waals surface area (Å²) in [6.07, 6.45) is 4.35. The monoisotopic (exact) mass is 292 g/mol. The van der Waals surface area contributed by atoms with Crippen LogP contribution in [0.1, 0.15) is 41.6 Å². The third-order valence-electron chi connectivity index (χ3n) is 4.20. The van der Waals surface area contributed by atoms with Gasteiger partial charge in [0.15, 0.2) is 0 Å². The van der Waals surface area contributed by atoms with Crippen LogP contribution in [0.5, 0.6) is 0 Å². The van der Waals surface area contributed by atoms with E-state index in [1.807, 2.05) is 13.0 Å². The number of hydrogen-bond donors (Lipinski definition) is 2. The van der Waals surface area contributed by atoms with Crippen molar-refractivity contribution in [2.75, 3.05) is 30.9 Å². The molecule has 1 fully saturated rings. The Balaban J connectivity index is 2.42. The highest BCUT2D eigenvalue weighted by atomic mass is 16.5. The first kappa shape index (κ1) is 15.6. The van der Waals surface area contributed by atoms with Crippen LogP contribution in [0.25, 0.3) is 0 Å². The maximum absolute atomic E-state index is 11.9. The summed E-state index contributed by atoms with van der Waals surface area (Å²) in [6, 6.07) is 3.86. The summed E-state index contributed by atoms with van der Waals surface area (Å²) in [5.74, 6) is -0.423. The van der Waals surface area contributed by atoms with Crippen molar-refractivity contribution in [3.63, 3.8) is 0 Å². The minimum absolute atomic E-state index is 0.0982. The zero-order chi connectivity index (χ0) is 15.4. The third-order valence-corrected chi connectivity index (χ3v) is 4.20. The molecule has 0 spiro atoms. The second-order valence-corrected chi connectivity index (χ2v) is 5.59. The molecule has 0 aliphatic carbocycles. The zero-order valence-electron chi connectivity index (χ0n) is 12.8. The fourth-order valence-electron chi connectivity index (χ4n) is 2.93. The molecule has 1 atom stereocenters. The van der Waals surface area contributed by atoms with Crippen LogP contribution in [0.4, 0.5) is 11.4 Å². The average Bonchev–Trinajstić information content (AvgIpc) is 2.74. The molecule has 5 nitrogen and oxygen atoms in total. The van der Waals surface area contributed by atoms with Gasteiger partial charge in [0.2, 0.25) is 0 Å². The number of nitrogen functional groups attached to an aromatic ring is 1. The van der Waals surface area contributed by atoms with Crippen LogP contribution in [0.3, 0.4) is 0 Å². The van der Waals surface area contributed by atoms with Crippen molar-refractivity contribution in [3.8, 4) is 0 Å². The number of hydrogen-bond acceptors (Lipinski definition) is 5. The molecule has 1 unspecified atom stereocenters. The first-order chi connectivity index (χ1) is 10.1. The van der Waals surface area contributed by atoms with E-state index in [0.717, 1.165) is 37.1 Å². The van der Waals surface area contributed by atoms with Gasteiger partial charge < -0.3 is 20.5 Å². The van der Waals surface area contributed by atoms with Gasteiger partial charge in [0.25, 0.3) is 0 Å². The number of methoxy groups -OCH3 is 1. The summed E-state index contributed by atoms with van der Waals surface area (Å²) in [5.41, 5.74) is 8.63. The molecule has 0 amide bonds. The normalized spacial score (nSPS) is 19.2. The van der Waals surface area contributed by atoms with Crippen molar-refractivity contribution in [1.29, 1.82) is 0 Å². The van der Waals surface area contributed by atoms with Gasteiger partial charge in [-0.25, -0.2) is 4.79 Å². The second kappa shape index (κ2) is 6.80. The number of ether oxygens (including phenoxy) is 1. The van der Waals surface area contributed by atoms with Gasteiger partial charge in [0.05, 0.1) is 25.3 Å². The van der Waals surface area contributed by atoms with E-state index in [1.165, 1.54) is 13.5 Å². The number of nitrogens with zero attached hydrogens (tertiary/aromatic N) is 1. The van der Waals surface area contributed by atoms with Gasteiger partial charge in [0.1, 0.15) is 0 Å². The summed E-state index contributed by atoms with van der Waals surface area (Å²) in [6.45, 7) is 2.89. The van der Waals surface area contributed by atoms with Crippen LogP contribution in [0.15, 0.2) is 12.1 Å². The van der Waals surface area contributed by atoms with E-state index in [1.54, 1.807) is 6.07 Å². The van der Waals surface area contributed by atoms with Gasteiger partial charge in [0, 0.05) is 17.9 Å². The van der Waals surface area contributed by atoms with Gasteiger partial charge >= 0.3 is 5.97 Å². The number of carbonyl (C=O) groups is 1. The van der Waals surface area contributed by atoms with Gasteiger partial charge in [-0.2, -0.15) is 0 Å². The van der Waals surface area contributed by atoms with E-state index in [-0.39, 0.29) is 12.6 Å². The van der Waals surface area contributed by atoms with Crippen molar-refractivity contribution in [2.24, 2.45) is 0 Å². The number of carbonyl (C=O) groups excluding carboxylic acids is 1. The summed E-state index contributed by atoms with van der Waals surface area (Å²) >= 11 is 0. The smallest absolute Gasteiger partial charge is 0.340 e. The van der Waals surface area contributed by atoms with Gasteiger partial charge in [-0.15, -0.1) is 0 Å². The molecule has 1 aliphatic heterocycles. The maximum atomic E-state index is 11.9. The Hall–Kier alpha value is -1.75. The lowest BCUT2D eigenvalue weighted by Crippen LogP contribution is -2.37. The number of anilines is 2. The highest BCUT2D eigenvalue weighted by molar-refractivity contribution is 5.97. The third kappa shape index (κ3) is 3.29. The molecule has 1 heterocycles. The van der Waals surface area contributed by atoms with Gasteiger partial charge in [-0.3, -0.25) is 0 Å². The Morgan fingerprint density at radius 3 is 2.86 bits per heavy atom. The number of aliphatic hydroxyl groups excluding tert-OH is 1. The van der Waals surface area contributed by atoms with E-state index < -0.39 is 5.97 Å². The molecule has 1 aliphatic rings. The lowest BCUT2D eigenvalue weighted by Gasteiger charge is -2.31. The fraction of sp³-hybridized carbons (Fsp3) is 0.562. The number of aryl methyl sites for hydroxylation is 1. The Morgan fingerprint density at radius 2 is 2.19 bits per heavy atom. The standard InChI is InChI=1S/C16H24N2O3/c1-11-8-13(9-14(15(11)17)16(20)21-2)18-7-5-3-4-6-12(18)10-19/h8-9,12,19H,3-7,10,17H2,1-2H3. The van der Waals surface area contributed by atoms with Crippen LogP contribution in [-0.4, -0.2) is 37.4 Å². The zero-order valence-corrected chi connectivity index (χ0v) is 12.8. The molecule has 0 aromatic heterocycles. The van der Waals surface area contributed by atoms with Crippen molar-refractivity contribution in [1.82, 2.24) is 0 Å². The number of benzene rings is 1. The molecule has 116 valence electrons. The average molecular weight is 292 g/mol. The van der Waals surface area contributed by atoms with Crippen LogP contribution in [0, 0.1) is 6.92 Å². The van der Waals surface area contributed by atoms with Crippen LogP contribution >= 0.6 is 0 Å². The lowest BCUT2D eigenvalue weighted by molar-refractivity contribution is 0.0602. The molecule has 1 aromatic rings. The summed E-state index contributed by atoms with van der Waals surface area (Å²) in [5, 5.41) is 9.64. The topological polar surface area (TPSA) is 75.8 Å². The Labute approximate surface area is 125 Å². The Morgan fingerprint density at radius 1 is 1.43 bits per heavy atom. The quantitative estimate of drug-likeness (QED) is 0.659. The maximum Gasteiger partial charge on any atom is 0.340 e. The molecule has 1 saturated heterocycles.